The third-order valence-corrected chi connectivity index (χ3v) is 10.2. The molecule has 0 radical (unpaired) electrons. The predicted octanol–water partition coefficient (Wildman–Crippen LogP) is 11.2. The Hall–Kier alpha value is -2.25. The van der Waals surface area contributed by atoms with Crippen molar-refractivity contribution in [1.29, 1.82) is 0 Å². The Labute approximate surface area is 274 Å². The molecule has 44 heavy (non-hydrogen) atoms. The van der Waals surface area contributed by atoms with E-state index in [1.165, 1.54) is 71.9 Å². The fourth-order valence-electron chi connectivity index (χ4n) is 5.88. The summed E-state index contributed by atoms with van der Waals surface area (Å²) in [6.07, 6.45) is 8.84. The van der Waals surface area contributed by atoms with Crippen LogP contribution in [0.1, 0.15) is 122 Å². The molecule has 0 bridgehead atoms. The Morgan fingerprint density at radius 3 is 1.84 bits per heavy atom. The molecule has 0 aliphatic rings. The maximum atomic E-state index is 7.12. The first-order valence-electron chi connectivity index (χ1n) is 17.1. The van der Waals surface area contributed by atoms with Crippen LogP contribution in [0.15, 0.2) is 84.9 Å². The van der Waals surface area contributed by atoms with Gasteiger partial charge in [-0.25, -0.2) is 0 Å². The van der Waals surface area contributed by atoms with Crippen molar-refractivity contribution in [1.82, 2.24) is 0 Å². The summed E-state index contributed by atoms with van der Waals surface area (Å²) in [4.78, 5) is 0. The molecule has 3 rings (SSSR count). The fraction of sp³-hybridized carbons (Fsp3) is 0.500. The van der Waals surface area contributed by atoms with Crippen LogP contribution in [0.3, 0.4) is 0 Å². The second-order valence-corrected chi connectivity index (χ2v) is 20.1. The zero-order chi connectivity index (χ0) is 32.2. The van der Waals surface area contributed by atoms with Gasteiger partial charge in [0.15, 0.2) is 18.8 Å². The third-order valence-electron chi connectivity index (χ3n) is 7.95. The van der Waals surface area contributed by atoms with Gasteiger partial charge in [-0.3, -0.25) is 0 Å². The van der Waals surface area contributed by atoms with Crippen molar-refractivity contribution in [2.24, 2.45) is 5.41 Å². The first-order valence-corrected chi connectivity index (χ1v) is 21.2. The van der Waals surface area contributed by atoms with Crippen molar-refractivity contribution in [2.75, 3.05) is 0 Å². The topological polar surface area (TPSA) is 18.5 Å². The lowest BCUT2D eigenvalue weighted by Crippen LogP contribution is -2.26. The first kappa shape index (κ1) is 36.2. The monoisotopic (exact) mass is 628 g/mol. The van der Waals surface area contributed by atoms with Crippen LogP contribution in [0, 0.1) is 5.41 Å². The van der Waals surface area contributed by atoms with Crippen molar-refractivity contribution >= 4 is 29.9 Å². The van der Waals surface area contributed by atoms with E-state index >= 15 is 0 Å². The van der Waals surface area contributed by atoms with Gasteiger partial charge < -0.3 is 8.85 Å². The molecule has 0 amide bonds. The van der Waals surface area contributed by atoms with Crippen molar-refractivity contribution in [3.8, 4) is 0 Å². The predicted molar refractivity (Wildman–Crippen MR) is 199 cm³/mol. The standard InChI is InChI=1S/C40H60O2Si2/c1-10-11-12-13-14-21-29-35(41-43-40(5,6)7)37(32-25-19-16-20-26-32)36(31-23-17-15-18-24-31)33-27-22-28-34(30-33)38(39(2,3)4)42-44(8)9/h15-20,22-28,30,35,38,44H,10-14,21,29,43H2,1-9H3. The van der Waals surface area contributed by atoms with Gasteiger partial charge in [-0.05, 0) is 69.4 Å². The third kappa shape index (κ3) is 11.6. The molecule has 0 aromatic heterocycles. The molecule has 0 fully saturated rings. The summed E-state index contributed by atoms with van der Waals surface area (Å²) in [6.45, 7) is 20.7. The van der Waals surface area contributed by atoms with Gasteiger partial charge in [0.2, 0.25) is 0 Å². The summed E-state index contributed by atoms with van der Waals surface area (Å²) in [5, 5.41) is 0.214. The molecular weight excluding hydrogens is 569 g/mol. The van der Waals surface area contributed by atoms with Gasteiger partial charge in [0.1, 0.15) is 0 Å². The van der Waals surface area contributed by atoms with Crippen LogP contribution in [0.25, 0.3) is 11.1 Å². The van der Waals surface area contributed by atoms with Gasteiger partial charge in [-0.15, -0.1) is 0 Å². The maximum absolute atomic E-state index is 7.12. The highest BCUT2D eigenvalue weighted by Gasteiger charge is 2.30. The molecule has 0 heterocycles. The highest BCUT2D eigenvalue weighted by Crippen LogP contribution is 2.41. The fourth-order valence-corrected chi connectivity index (χ4v) is 8.02. The zero-order valence-corrected chi connectivity index (χ0v) is 31.9. The molecule has 2 nitrogen and oxygen atoms in total. The van der Waals surface area contributed by atoms with E-state index < -0.39 is 18.8 Å². The van der Waals surface area contributed by atoms with Gasteiger partial charge in [0.05, 0.1) is 12.2 Å². The summed E-state index contributed by atoms with van der Waals surface area (Å²) in [6, 6.07) is 31.2. The lowest BCUT2D eigenvalue weighted by molar-refractivity contribution is 0.0866. The lowest BCUT2D eigenvalue weighted by Gasteiger charge is -2.33. The van der Waals surface area contributed by atoms with E-state index in [9.17, 15) is 0 Å². The van der Waals surface area contributed by atoms with Crippen molar-refractivity contribution in [3.63, 3.8) is 0 Å². The van der Waals surface area contributed by atoms with Gasteiger partial charge in [0, 0.05) is 0 Å². The van der Waals surface area contributed by atoms with Crippen LogP contribution in [0.4, 0.5) is 0 Å². The van der Waals surface area contributed by atoms with E-state index in [-0.39, 0.29) is 22.7 Å². The Kier molecular flexibility index (Phi) is 14.4. The summed E-state index contributed by atoms with van der Waals surface area (Å²) in [5.74, 6) is 0. The van der Waals surface area contributed by atoms with E-state index in [1.807, 2.05) is 0 Å². The first-order chi connectivity index (χ1) is 20.9. The minimum Gasteiger partial charge on any atom is -0.417 e. The molecule has 0 N–H and O–H groups in total. The van der Waals surface area contributed by atoms with Crippen molar-refractivity contribution < 1.29 is 8.85 Å². The van der Waals surface area contributed by atoms with Gasteiger partial charge in [-0.1, -0.05) is 166 Å². The molecule has 2 atom stereocenters. The van der Waals surface area contributed by atoms with Crippen LogP contribution < -0.4 is 0 Å². The smallest absolute Gasteiger partial charge is 0.171 e. The quantitative estimate of drug-likeness (QED) is 0.0892. The molecular formula is C40H60O2Si2. The molecule has 4 heteroatoms. The summed E-state index contributed by atoms with van der Waals surface area (Å²) in [5.41, 5.74) is 7.60. The van der Waals surface area contributed by atoms with Crippen LogP contribution in [-0.2, 0) is 8.85 Å². The largest absolute Gasteiger partial charge is 0.417 e. The number of hydrogen-bond donors (Lipinski definition) is 0. The summed E-state index contributed by atoms with van der Waals surface area (Å²) >= 11 is 0. The minimum atomic E-state index is -1.26. The van der Waals surface area contributed by atoms with Gasteiger partial charge >= 0.3 is 0 Å². The highest BCUT2D eigenvalue weighted by atomic mass is 28.3. The molecule has 3 aromatic rings. The molecule has 0 spiro atoms. The average molecular weight is 629 g/mol. The van der Waals surface area contributed by atoms with Gasteiger partial charge in [0.25, 0.3) is 0 Å². The number of benzene rings is 3. The van der Waals surface area contributed by atoms with Crippen LogP contribution >= 0.6 is 0 Å². The lowest BCUT2D eigenvalue weighted by atomic mass is 9.81. The van der Waals surface area contributed by atoms with E-state index in [0.717, 1.165) is 6.42 Å². The molecule has 240 valence electrons. The molecule has 0 aliphatic heterocycles. The number of hydrogen-bond acceptors (Lipinski definition) is 2. The SMILES string of the molecule is CCCCCCCCC(O[SiH2]C(C)(C)C)C(=C(c1ccccc1)c1cccc(C(O[SiH](C)C)C(C)(C)C)c1)c1ccccc1. The molecule has 2 unspecified atom stereocenters. The normalized spacial score (nSPS) is 14.7. The van der Waals surface area contributed by atoms with Crippen LogP contribution in [0.2, 0.25) is 18.1 Å². The minimum absolute atomic E-state index is 0.00346. The molecule has 0 saturated carbocycles. The summed E-state index contributed by atoms with van der Waals surface area (Å²) < 4.78 is 13.8. The Morgan fingerprint density at radius 2 is 1.27 bits per heavy atom. The van der Waals surface area contributed by atoms with E-state index in [4.69, 9.17) is 8.85 Å². The van der Waals surface area contributed by atoms with Crippen LogP contribution in [0.5, 0.6) is 0 Å². The zero-order valence-electron chi connectivity index (χ0n) is 29.3. The number of rotatable bonds is 16. The summed E-state index contributed by atoms with van der Waals surface area (Å²) in [7, 11) is -2.05. The Balaban J connectivity index is 2.26. The average Bonchev–Trinajstić information content (AvgIpc) is 2.98. The van der Waals surface area contributed by atoms with E-state index in [2.05, 4.69) is 146 Å². The van der Waals surface area contributed by atoms with E-state index in [1.54, 1.807) is 0 Å². The van der Waals surface area contributed by atoms with Crippen LogP contribution in [-0.4, -0.2) is 24.9 Å². The Morgan fingerprint density at radius 1 is 0.705 bits per heavy atom. The number of unbranched alkanes of at least 4 members (excludes halogenated alkanes) is 5. The highest BCUT2D eigenvalue weighted by molar-refractivity contribution is 6.48. The molecule has 0 aliphatic carbocycles. The molecule has 0 saturated heterocycles. The molecule has 3 aromatic carbocycles. The maximum Gasteiger partial charge on any atom is 0.171 e. The van der Waals surface area contributed by atoms with Gasteiger partial charge in [-0.2, -0.15) is 0 Å². The van der Waals surface area contributed by atoms with E-state index in [0.29, 0.717) is 0 Å². The second kappa shape index (κ2) is 17.4. The Bertz CT molecular complexity index is 1270. The van der Waals surface area contributed by atoms with Crippen molar-refractivity contribution in [3.05, 3.63) is 107 Å². The van der Waals surface area contributed by atoms with Crippen molar-refractivity contribution in [2.45, 2.75) is 124 Å². The second-order valence-electron chi connectivity index (χ2n) is 15.0.